The normalized spacial score (nSPS) is 12.4. The molecule has 0 saturated carbocycles. The van der Waals surface area contributed by atoms with Crippen LogP contribution in [0.2, 0.25) is 0 Å². The fourth-order valence-corrected chi connectivity index (χ4v) is 5.21. The Balaban J connectivity index is 1.99. The van der Waals surface area contributed by atoms with Crippen LogP contribution in [0.15, 0.2) is 46.9 Å². The minimum absolute atomic E-state index is 0.00948. The van der Waals surface area contributed by atoms with Gasteiger partial charge in [0.25, 0.3) is 0 Å². The van der Waals surface area contributed by atoms with Crippen molar-refractivity contribution in [2.45, 2.75) is 73.0 Å². The number of allylic oxidation sites excluding steroid dienone is 1. The predicted octanol–water partition coefficient (Wildman–Crippen LogP) is 8.44. The number of aromatic nitrogens is 2. The number of nitriles is 1. The second-order valence-electron chi connectivity index (χ2n) is 12.0. The minimum atomic E-state index is -0.810. The molecule has 1 aromatic heterocycles. The van der Waals surface area contributed by atoms with Crippen LogP contribution < -0.4 is 9.80 Å². The van der Waals surface area contributed by atoms with Gasteiger partial charge in [-0.25, -0.2) is 24.4 Å². The molecule has 0 radical (unpaired) electrons. The lowest BCUT2D eigenvalue weighted by atomic mass is 10.1. The minimum Gasteiger partial charge on any atom is -0.443 e. The van der Waals surface area contributed by atoms with Crippen molar-refractivity contribution >= 4 is 57.3 Å². The van der Waals surface area contributed by atoms with Crippen LogP contribution in [0, 0.1) is 25.2 Å². The zero-order chi connectivity index (χ0) is 31.0. The molecular formula is C32H34BrN5O4. The number of rotatable bonds is 4. The topological polar surface area (TPSA) is 109 Å². The van der Waals surface area contributed by atoms with Crippen LogP contribution in [0.5, 0.6) is 0 Å². The number of nitrogens with zero attached hydrogens (tertiary/aromatic N) is 5. The lowest BCUT2D eigenvalue weighted by molar-refractivity contribution is 0.0589. The van der Waals surface area contributed by atoms with E-state index in [-0.39, 0.29) is 5.95 Å². The van der Waals surface area contributed by atoms with Crippen molar-refractivity contribution in [3.8, 4) is 6.07 Å². The summed E-state index contributed by atoms with van der Waals surface area (Å²) in [6, 6.07) is 12.4. The molecule has 0 bridgehead atoms. The summed E-state index contributed by atoms with van der Waals surface area (Å²) >= 11 is 3.55. The molecule has 9 nitrogen and oxygen atoms in total. The van der Waals surface area contributed by atoms with Gasteiger partial charge in [-0.1, -0.05) is 22.0 Å². The second kappa shape index (κ2) is 11.6. The van der Waals surface area contributed by atoms with Gasteiger partial charge in [-0.15, -0.1) is 0 Å². The molecular weight excluding hydrogens is 598 g/mol. The maximum Gasteiger partial charge on any atom is 0.421 e. The van der Waals surface area contributed by atoms with Crippen LogP contribution in [0.25, 0.3) is 6.08 Å². The molecule has 218 valence electrons. The number of ether oxygens (including phenoxy) is 2. The molecule has 0 unspecified atom stereocenters. The van der Waals surface area contributed by atoms with Crippen LogP contribution in [-0.4, -0.2) is 33.4 Å². The molecule has 1 aliphatic rings. The van der Waals surface area contributed by atoms with Gasteiger partial charge in [-0.2, -0.15) is 10.2 Å². The molecule has 1 aliphatic carbocycles. The summed E-state index contributed by atoms with van der Waals surface area (Å²) in [5, 5.41) is 9.31. The van der Waals surface area contributed by atoms with Gasteiger partial charge in [0.05, 0.1) is 28.7 Å². The van der Waals surface area contributed by atoms with Crippen molar-refractivity contribution in [3.63, 3.8) is 0 Å². The summed E-state index contributed by atoms with van der Waals surface area (Å²) in [5.74, 6) is 0.306. The van der Waals surface area contributed by atoms with E-state index in [2.05, 4.69) is 22.0 Å². The van der Waals surface area contributed by atoms with E-state index >= 15 is 0 Å². The lowest BCUT2D eigenvalue weighted by Crippen LogP contribution is -2.37. The van der Waals surface area contributed by atoms with E-state index < -0.39 is 23.4 Å². The Bertz CT molecular complexity index is 1590. The number of anilines is 4. The number of carbonyl (C=O) groups is 2. The third-order valence-corrected chi connectivity index (χ3v) is 6.56. The van der Waals surface area contributed by atoms with Crippen LogP contribution in [-0.2, 0) is 15.9 Å². The molecule has 0 N–H and O–H groups in total. The van der Waals surface area contributed by atoms with Crippen LogP contribution in [0.3, 0.4) is 0 Å². The Morgan fingerprint density at radius 1 is 0.905 bits per heavy atom. The van der Waals surface area contributed by atoms with E-state index in [1.807, 2.05) is 38.1 Å². The van der Waals surface area contributed by atoms with Gasteiger partial charge in [-0.3, -0.25) is 0 Å². The van der Waals surface area contributed by atoms with Gasteiger partial charge in [0.15, 0.2) is 5.82 Å². The van der Waals surface area contributed by atoms with Crippen molar-refractivity contribution in [1.29, 1.82) is 5.26 Å². The van der Waals surface area contributed by atoms with Crippen molar-refractivity contribution in [2.75, 3.05) is 9.80 Å². The van der Waals surface area contributed by atoms with Crippen molar-refractivity contribution < 1.29 is 19.1 Å². The zero-order valence-electron chi connectivity index (χ0n) is 25.1. The number of hydrogen-bond donors (Lipinski definition) is 0. The van der Waals surface area contributed by atoms with Gasteiger partial charge >= 0.3 is 12.2 Å². The van der Waals surface area contributed by atoms with Crippen LogP contribution in [0.4, 0.5) is 32.7 Å². The molecule has 0 fully saturated rings. The predicted molar refractivity (Wildman–Crippen MR) is 166 cm³/mol. The number of benzene rings is 2. The molecule has 3 aromatic rings. The number of aryl methyl sites for hydroxylation is 2. The summed E-state index contributed by atoms with van der Waals surface area (Å²) in [7, 11) is 0. The Kier molecular flexibility index (Phi) is 8.46. The zero-order valence-corrected chi connectivity index (χ0v) is 26.7. The van der Waals surface area contributed by atoms with Gasteiger partial charge in [0.1, 0.15) is 11.2 Å². The summed E-state index contributed by atoms with van der Waals surface area (Å²) in [4.78, 5) is 39.9. The fourth-order valence-electron chi connectivity index (χ4n) is 4.53. The number of fused-ring (bicyclic) bond motifs is 1. The molecule has 10 heteroatoms. The average Bonchev–Trinajstić information content (AvgIpc) is 3.33. The first kappa shape index (κ1) is 30.7. The maximum absolute atomic E-state index is 14.0. The highest BCUT2D eigenvalue weighted by molar-refractivity contribution is 9.10. The molecule has 0 atom stereocenters. The highest BCUT2D eigenvalue weighted by atomic mass is 79.9. The van der Waals surface area contributed by atoms with E-state index in [0.717, 1.165) is 21.2 Å². The van der Waals surface area contributed by atoms with E-state index in [9.17, 15) is 14.9 Å². The molecule has 0 aliphatic heterocycles. The molecule has 0 spiro atoms. The van der Waals surface area contributed by atoms with E-state index in [1.54, 1.807) is 65.8 Å². The summed E-state index contributed by atoms with van der Waals surface area (Å²) in [6.07, 6.45) is 2.94. The Morgan fingerprint density at radius 3 is 1.98 bits per heavy atom. The van der Waals surface area contributed by atoms with E-state index in [1.165, 1.54) is 9.80 Å². The third-order valence-electron chi connectivity index (χ3n) is 6.10. The quantitative estimate of drug-likeness (QED) is 0.284. The van der Waals surface area contributed by atoms with Gasteiger partial charge in [0.2, 0.25) is 5.95 Å². The highest BCUT2D eigenvalue weighted by Crippen LogP contribution is 2.40. The van der Waals surface area contributed by atoms with Crippen LogP contribution in [0.1, 0.15) is 69.5 Å². The smallest absolute Gasteiger partial charge is 0.421 e. The monoisotopic (exact) mass is 631 g/mol. The fraction of sp³-hybridized carbons (Fsp3) is 0.344. The summed E-state index contributed by atoms with van der Waals surface area (Å²) < 4.78 is 12.5. The average molecular weight is 633 g/mol. The van der Waals surface area contributed by atoms with Crippen molar-refractivity contribution in [1.82, 2.24) is 9.97 Å². The maximum atomic E-state index is 14.0. The van der Waals surface area contributed by atoms with Crippen molar-refractivity contribution in [2.24, 2.45) is 0 Å². The van der Waals surface area contributed by atoms with Crippen LogP contribution >= 0.6 is 15.9 Å². The second-order valence-corrected chi connectivity index (χ2v) is 12.9. The molecule has 2 amide bonds. The largest absolute Gasteiger partial charge is 0.443 e. The third kappa shape index (κ3) is 6.80. The van der Waals surface area contributed by atoms with Crippen molar-refractivity contribution in [3.05, 3.63) is 74.9 Å². The Hall–Kier alpha value is -4.23. The first-order valence-electron chi connectivity index (χ1n) is 13.5. The van der Waals surface area contributed by atoms with Gasteiger partial charge < -0.3 is 9.47 Å². The Morgan fingerprint density at radius 2 is 1.45 bits per heavy atom. The highest BCUT2D eigenvalue weighted by Gasteiger charge is 2.35. The SMILES string of the molecule is Cc1cc(Br)cc(C)c1N(C(=O)OC(C)(C)C)c1nc(N(C(=O)OC(C)(C)C)c2ccc(C#N)cc2)nc2c1CC=C2. The molecule has 1 heterocycles. The first-order chi connectivity index (χ1) is 19.6. The summed E-state index contributed by atoms with van der Waals surface area (Å²) in [5.41, 5.74) is 2.79. The van der Waals surface area contributed by atoms with E-state index in [0.29, 0.717) is 34.9 Å². The first-order valence-corrected chi connectivity index (χ1v) is 14.3. The number of amides is 2. The molecule has 2 aromatic carbocycles. The lowest BCUT2D eigenvalue weighted by Gasteiger charge is -2.31. The number of halogens is 1. The standard InChI is InChI=1S/C32H34BrN5O4/c1-19-16-22(33)17-20(2)26(19)38(30(40)42-32(6,7)8)27-24-10-9-11-25(24)35-28(36-27)37(29(39)41-31(3,4)5)23-14-12-21(18-34)13-15-23/h9,11-17H,10H2,1-8H3. The Labute approximate surface area is 254 Å². The molecule has 0 saturated heterocycles. The van der Waals surface area contributed by atoms with E-state index in [4.69, 9.17) is 19.4 Å². The van der Waals surface area contributed by atoms with Gasteiger partial charge in [-0.05, 0) is 115 Å². The molecule has 42 heavy (non-hydrogen) atoms. The number of hydrogen-bond acceptors (Lipinski definition) is 7. The van der Waals surface area contributed by atoms with Gasteiger partial charge in [0, 0.05) is 10.0 Å². The molecule has 4 rings (SSSR count). The summed E-state index contributed by atoms with van der Waals surface area (Å²) in [6.45, 7) is 14.5. The number of carbonyl (C=O) groups excluding carboxylic acids is 2.